The molecule has 3 amide bonds. The molecule has 0 bridgehead atoms. The maximum atomic E-state index is 13.2. The number of aliphatic hydroxyl groups excluding tert-OH is 19. The topological polar surface area (TPSA) is 629 Å². The number of hydrogen-bond donors (Lipinski definition) is 23. The number of carboxylic acids is 1. The Morgan fingerprint density at radius 2 is 0.934 bits per heavy atom. The number of hydrogen-bond acceptors (Lipinski definition) is 36. The fourth-order valence-corrected chi connectivity index (χ4v) is 11.7. The second kappa shape index (κ2) is 31.6. The molecule has 7 aliphatic rings. The van der Waals surface area contributed by atoms with Crippen molar-refractivity contribution in [2.24, 2.45) is 0 Å². The third-order valence-electron chi connectivity index (χ3n) is 16.6. The van der Waals surface area contributed by atoms with E-state index in [0.29, 0.717) is 0 Å². The van der Waals surface area contributed by atoms with E-state index in [0.717, 1.165) is 20.8 Å². The molecule has 91 heavy (non-hydrogen) atoms. The first-order valence-corrected chi connectivity index (χ1v) is 29.0. The van der Waals surface area contributed by atoms with Gasteiger partial charge in [0.05, 0.1) is 57.4 Å². The summed E-state index contributed by atoms with van der Waals surface area (Å²) in [5.41, 5.74) is 0. The third kappa shape index (κ3) is 16.4. The van der Waals surface area contributed by atoms with E-state index in [1.165, 1.54) is 13.8 Å². The Bertz CT molecular complexity index is 2380. The zero-order valence-corrected chi connectivity index (χ0v) is 49.3. The van der Waals surface area contributed by atoms with Gasteiger partial charge in [-0.1, -0.05) is 0 Å². The maximum absolute atomic E-state index is 13.2. The number of carbonyl (C=O) groups is 4. The van der Waals surface area contributed by atoms with Crippen LogP contribution in [0.5, 0.6) is 0 Å². The molecule has 0 unspecified atom stereocenters. The van der Waals surface area contributed by atoms with Crippen LogP contribution in [-0.4, -0.2) is 379 Å². The lowest BCUT2D eigenvalue weighted by atomic mass is 9.88. The van der Waals surface area contributed by atoms with Gasteiger partial charge in [-0.15, -0.1) is 0 Å². The quantitative estimate of drug-likeness (QED) is 0.0452. The van der Waals surface area contributed by atoms with Crippen molar-refractivity contribution in [1.29, 1.82) is 0 Å². The summed E-state index contributed by atoms with van der Waals surface area (Å²) in [4.78, 5) is 51.2. The second-order valence-electron chi connectivity index (χ2n) is 23.2. The van der Waals surface area contributed by atoms with Crippen LogP contribution in [0, 0.1) is 0 Å². The molecule has 7 saturated heterocycles. The molecule has 23 N–H and O–H groups in total. The van der Waals surface area contributed by atoms with Gasteiger partial charge in [0.1, 0.15) is 152 Å². The van der Waals surface area contributed by atoms with Crippen molar-refractivity contribution in [3.8, 4) is 0 Å². The predicted molar refractivity (Wildman–Crippen MR) is 281 cm³/mol. The van der Waals surface area contributed by atoms with Gasteiger partial charge in [0, 0.05) is 27.2 Å². The molecule has 7 heterocycles. The average Bonchev–Trinajstić information content (AvgIpc) is 0.785. The van der Waals surface area contributed by atoms with Crippen molar-refractivity contribution >= 4 is 23.7 Å². The van der Waals surface area contributed by atoms with E-state index in [1.807, 2.05) is 0 Å². The van der Waals surface area contributed by atoms with Crippen LogP contribution in [0.4, 0.5) is 0 Å². The van der Waals surface area contributed by atoms with E-state index < -0.39 is 284 Å². The SMILES string of the molecule is CC(=O)N[C@@H]1[C@@H](O[C@@H]2O[C@H](CO)[C@H](O)[C@H](O[C@]3(C(=O)O)C[C@H](O)[C@@H](NC(C)=O)[C@H]([C@H](O)[C@H](O)CO)O3)[C@H]2O)[C@@H](O)[C@@H](CO[C@@H]2O[C@H](CO)[C@@H](O[C@@H]3O[C@H](CO)[C@H](O)[C@H](O)[C@H]3O[C@@H]3O[C@@H](C)[C@@H](O)[C@@H](O)[C@@H]3O)[C@H](O[C@@H]3O[C@@H](C)[C@@H](O)[C@@H](O)[C@@H]3O)[C@H]2NC(C)=O)O[C@@H]1O. The molecular weight excluding hydrogens is 1250 g/mol. The Kier molecular flexibility index (Phi) is 26.1. The van der Waals surface area contributed by atoms with Crippen LogP contribution in [0.1, 0.15) is 41.0 Å². The number of ether oxygens (including phenoxy) is 13. The normalized spacial score (nSPS) is 48.0. The lowest BCUT2D eigenvalue weighted by Crippen LogP contribution is -2.71. The van der Waals surface area contributed by atoms with E-state index in [2.05, 4.69) is 16.0 Å². The molecule has 7 aliphatic heterocycles. The summed E-state index contributed by atoms with van der Waals surface area (Å²) in [5, 5.41) is 225. The summed E-state index contributed by atoms with van der Waals surface area (Å²) in [6.45, 7) is -0.0125. The predicted octanol–water partition coefficient (Wildman–Crippen LogP) is -14.6. The number of carboxylic acid groups (broad SMARTS) is 1. The molecule has 0 saturated carbocycles. The number of aliphatic carboxylic acids is 1. The lowest BCUT2D eigenvalue weighted by molar-refractivity contribution is -0.394. The second-order valence-corrected chi connectivity index (χ2v) is 23.2. The van der Waals surface area contributed by atoms with Crippen LogP contribution in [0.2, 0.25) is 0 Å². The van der Waals surface area contributed by atoms with E-state index in [4.69, 9.17) is 61.6 Å². The summed E-state index contributed by atoms with van der Waals surface area (Å²) < 4.78 is 76.5. The molecule has 0 aromatic rings. The fraction of sp³-hybridized carbons (Fsp3) is 0.922. The summed E-state index contributed by atoms with van der Waals surface area (Å²) in [7, 11) is 0. The highest BCUT2D eigenvalue weighted by Gasteiger charge is 2.62. The maximum Gasteiger partial charge on any atom is 0.364 e. The van der Waals surface area contributed by atoms with E-state index in [1.54, 1.807) is 0 Å². The van der Waals surface area contributed by atoms with Crippen LogP contribution in [0.15, 0.2) is 0 Å². The minimum Gasteiger partial charge on any atom is -0.477 e. The van der Waals surface area contributed by atoms with Gasteiger partial charge < -0.3 is 180 Å². The highest BCUT2D eigenvalue weighted by Crippen LogP contribution is 2.40. The van der Waals surface area contributed by atoms with Crippen LogP contribution in [0.25, 0.3) is 0 Å². The van der Waals surface area contributed by atoms with Gasteiger partial charge >= 0.3 is 5.97 Å². The van der Waals surface area contributed by atoms with Gasteiger partial charge in [0.15, 0.2) is 37.7 Å². The highest BCUT2D eigenvalue weighted by atomic mass is 16.8. The molecule has 0 spiro atoms. The third-order valence-corrected chi connectivity index (χ3v) is 16.6. The molecule has 40 nitrogen and oxygen atoms in total. The first kappa shape index (κ1) is 75.0. The van der Waals surface area contributed by atoms with Crippen molar-refractivity contribution in [3.05, 3.63) is 0 Å². The summed E-state index contributed by atoms with van der Waals surface area (Å²) in [6.07, 6.45) is -65.0. The van der Waals surface area contributed by atoms with E-state index >= 15 is 0 Å². The number of amides is 3. The zero-order chi connectivity index (χ0) is 67.6. The monoisotopic (exact) mass is 1330 g/mol. The van der Waals surface area contributed by atoms with Gasteiger partial charge in [-0.05, 0) is 13.8 Å². The minimum absolute atomic E-state index is 0.844. The molecule has 40 heteroatoms. The molecule has 0 aromatic carbocycles. The van der Waals surface area contributed by atoms with Gasteiger partial charge in [0.25, 0.3) is 5.79 Å². The molecule has 0 radical (unpaired) electrons. The van der Waals surface area contributed by atoms with Gasteiger partial charge in [-0.2, -0.15) is 0 Å². The van der Waals surface area contributed by atoms with Gasteiger partial charge in [0.2, 0.25) is 17.7 Å². The average molecular weight is 1330 g/mol. The van der Waals surface area contributed by atoms with Gasteiger partial charge in [-0.3, -0.25) is 14.4 Å². The largest absolute Gasteiger partial charge is 0.477 e. The summed E-state index contributed by atoms with van der Waals surface area (Å²) >= 11 is 0. The van der Waals surface area contributed by atoms with Gasteiger partial charge in [-0.25, -0.2) is 4.79 Å². The van der Waals surface area contributed by atoms with Crippen molar-refractivity contribution in [2.45, 2.75) is 261 Å². The zero-order valence-electron chi connectivity index (χ0n) is 49.3. The first-order valence-electron chi connectivity index (χ1n) is 29.0. The molecule has 526 valence electrons. The van der Waals surface area contributed by atoms with E-state index in [9.17, 15) is 121 Å². The van der Waals surface area contributed by atoms with Crippen LogP contribution in [-0.2, 0) is 80.8 Å². The molecule has 7 fully saturated rings. The van der Waals surface area contributed by atoms with Crippen LogP contribution < -0.4 is 16.0 Å². The Labute approximate surface area is 516 Å². The van der Waals surface area contributed by atoms with Crippen molar-refractivity contribution in [2.75, 3.05) is 33.0 Å². The van der Waals surface area contributed by atoms with Crippen LogP contribution in [0.3, 0.4) is 0 Å². The van der Waals surface area contributed by atoms with Crippen molar-refractivity contribution in [1.82, 2.24) is 16.0 Å². The molecule has 36 atom stereocenters. The molecule has 0 aliphatic carbocycles. The molecule has 0 aromatic heterocycles. The highest BCUT2D eigenvalue weighted by molar-refractivity contribution is 5.77. The summed E-state index contributed by atoms with van der Waals surface area (Å²) in [6, 6.07) is -5.41. The Hall–Kier alpha value is -3.40. The fourth-order valence-electron chi connectivity index (χ4n) is 11.7. The van der Waals surface area contributed by atoms with Crippen LogP contribution >= 0.6 is 0 Å². The lowest BCUT2D eigenvalue weighted by Gasteiger charge is -2.51. The van der Waals surface area contributed by atoms with Crippen molar-refractivity contribution < 1.29 is 183 Å². The number of carbonyl (C=O) groups excluding carboxylic acids is 3. The first-order chi connectivity index (χ1) is 42.7. The number of rotatable bonds is 23. The molecular formula is C51H85N3O37. The Morgan fingerprint density at radius 3 is 1.46 bits per heavy atom. The summed E-state index contributed by atoms with van der Waals surface area (Å²) in [5.74, 6) is -8.02. The smallest absolute Gasteiger partial charge is 0.364 e. The Morgan fingerprint density at radius 1 is 0.473 bits per heavy atom. The number of nitrogens with one attached hydrogen (secondary N) is 3. The molecule has 7 rings (SSSR count). The minimum atomic E-state index is -3.24. The Balaban J connectivity index is 1.19. The number of aliphatic hydroxyl groups is 19. The van der Waals surface area contributed by atoms with Crippen molar-refractivity contribution in [3.63, 3.8) is 0 Å². The standard InChI is InChI=1S/C51H85N3O37/c1-12-26(64)32(70)35(73)46(80-12)88-41-25(54-16(5)61)45(85-21(10-58)38(41)86-49-43(34(72)29(67)19(8-56)84-49)89-47-36(74)33(71)27(65)13(2)81-47)79-11-22-31(69)39(24(44(76)82-22)53-15(4)60)87-48-37(75)42(30(68)20(9-57)83-48)91-51(50(77)78)6-17(62)23(52-14(3)59)40(90-51)28(66)18(63)7-55/h12-13,17-49,55-58,62-76H,6-11H2,1-5H3,(H,52,59)(H,53,60)(H,54,61)(H,77,78)/t12-,13-,17-,18+,19+,20+,21+,22+,23+,24+,25+,26+,27+,28+,29-,30-,31-,32+,33+,34-,35-,36-,37+,38+,39+,40+,41+,42-,43+,44-,45+,46-,47-,48-,49-,51-/m0/s1. The van der Waals surface area contributed by atoms with E-state index in [-0.39, 0.29) is 0 Å².